The molecule has 1 fully saturated rings. The summed E-state index contributed by atoms with van der Waals surface area (Å²) < 4.78 is 0. The number of piperidine rings is 1. The van der Waals surface area contributed by atoms with E-state index in [1.54, 1.807) is 0 Å². The zero-order valence-electron chi connectivity index (χ0n) is 10.2. The monoisotopic (exact) mass is 219 g/mol. The van der Waals surface area contributed by atoms with Crippen LogP contribution in [0.25, 0.3) is 0 Å². The molecule has 1 unspecified atom stereocenters. The number of aromatic nitrogens is 1. The molecule has 1 aliphatic heterocycles. The molecule has 0 aliphatic carbocycles. The van der Waals surface area contributed by atoms with E-state index in [4.69, 9.17) is 0 Å². The molecule has 0 saturated carbocycles. The SMILES string of the molecule is CCNC1CCCN(c2ccc(C)cn2)C1. The van der Waals surface area contributed by atoms with Crippen LogP contribution in [0.4, 0.5) is 5.82 Å². The third kappa shape index (κ3) is 2.73. The third-order valence-electron chi connectivity index (χ3n) is 3.13. The fraction of sp³-hybridized carbons (Fsp3) is 0.615. The largest absolute Gasteiger partial charge is 0.355 e. The minimum Gasteiger partial charge on any atom is -0.355 e. The number of pyridine rings is 1. The minimum atomic E-state index is 0.627. The van der Waals surface area contributed by atoms with Gasteiger partial charge in [-0.2, -0.15) is 0 Å². The molecule has 0 spiro atoms. The Hall–Kier alpha value is -1.09. The van der Waals surface area contributed by atoms with Gasteiger partial charge in [-0.15, -0.1) is 0 Å². The molecular weight excluding hydrogens is 198 g/mol. The summed E-state index contributed by atoms with van der Waals surface area (Å²) in [7, 11) is 0. The Morgan fingerprint density at radius 3 is 3.06 bits per heavy atom. The number of likely N-dealkylation sites (N-methyl/N-ethyl adjacent to an activating group) is 1. The summed E-state index contributed by atoms with van der Waals surface area (Å²) in [6.45, 7) is 7.53. The van der Waals surface area contributed by atoms with Gasteiger partial charge in [0.1, 0.15) is 5.82 Å². The van der Waals surface area contributed by atoms with Gasteiger partial charge in [0.05, 0.1) is 0 Å². The maximum Gasteiger partial charge on any atom is 0.128 e. The van der Waals surface area contributed by atoms with Gasteiger partial charge in [0.15, 0.2) is 0 Å². The van der Waals surface area contributed by atoms with Gasteiger partial charge in [-0.1, -0.05) is 13.0 Å². The molecule has 3 heteroatoms. The van der Waals surface area contributed by atoms with Gasteiger partial charge in [0, 0.05) is 25.3 Å². The lowest BCUT2D eigenvalue weighted by molar-refractivity contribution is 0.429. The van der Waals surface area contributed by atoms with Crippen molar-refractivity contribution in [1.82, 2.24) is 10.3 Å². The number of hydrogen-bond acceptors (Lipinski definition) is 3. The second-order valence-corrected chi connectivity index (χ2v) is 4.54. The van der Waals surface area contributed by atoms with Crippen LogP contribution in [-0.4, -0.2) is 30.7 Å². The van der Waals surface area contributed by atoms with Crippen LogP contribution >= 0.6 is 0 Å². The second-order valence-electron chi connectivity index (χ2n) is 4.54. The highest BCUT2D eigenvalue weighted by molar-refractivity contribution is 5.39. The molecule has 0 bridgehead atoms. The number of anilines is 1. The molecule has 1 aromatic heterocycles. The maximum atomic E-state index is 4.49. The van der Waals surface area contributed by atoms with Crippen molar-refractivity contribution < 1.29 is 0 Å². The normalized spacial score (nSPS) is 21.1. The predicted octanol–water partition coefficient (Wildman–Crippen LogP) is 1.97. The lowest BCUT2D eigenvalue weighted by Crippen LogP contribution is -2.45. The van der Waals surface area contributed by atoms with E-state index in [1.165, 1.54) is 18.4 Å². The van der Waals surface area contributed by atoms with Crippen molar-refractivity contribution in [3.63, 3.8) is 0 Å². The average molecular weight is 219 g/mol. The summed E-state index contributed by atoms with van der Waals surface area (Å²) in [5, 5.41) is 3.53. The van der Waals surface area contributed by atoms with Gasteiger partial charge in [0.25, 0.3) is 0 Å². The molecule has 3 nitrogen and oxygen atoms in total. The molecule has 0 amide bonds. The van der Waals surface area contributed by atoms with E-state index < -0.39 is 0 Å². The highest BCUT2D eigenvalue weighted by Crippen LogP contribution is 2.17. The van der Waals surface area contributed by atoms with Crippen molar-refractivity contribution in [3.05, 3.63) is 23.9 Å². The Morgan fingerprint density at radius 2 is 2.38 bits per heavy atom. The molecule has 0 aromatic carbocycles. The van der Waals surface area contributed by atoms with Crippen LogP contribution in [0.5, 0.6) is 0 Å². The van der Waals surface area contributed by atoms with Crippen molar-refractivity contribution in [2.24, 2.45) is 0 Å². The molecule has 1 N–H and O–H groups in total. The van der Waals surface area contributed by atoms with Crippen LogP contribution < -0.4 is 10.2 Å². The summed E-state index contributed by atoms with van der Waals surface area (Å²) in [5.74, 6) is 1.12. The standard InChI is InChI=1S/C13H21N3/c1-3-14-12-5-4-8-16(10-12)13-7-6-11(2)9-15-13/h6-7,9,12,14H,3-5,8,10H2,1-2H3. The average Bonchev–Trinajstić information content (AvgIpc) is 2.31. The number of nitrogens with zero attached hydrogens (tertiary/aromatic N) is 2. The van der Waals surface area contributed by atoms with Gasteiger partial charge in [0.2, 0.25) is 0 Å². The Morgan fingerprint density at radius 1 is 1.50 bits per heavy atom. The summed E-state index contributed by atoms with van der Waals surface area (Å²) in [6, 6.07) is 4.89. The smallest absolute Gasteiger partial charge is 0.128 e. The fourth-order valence-electron chi connectivity index (χ4n) is 2.29. The highest BCUT2D eigenvalue weighted by Gasteiger charge is 2.19. The lowest BCUT2D eigenvalue weighted by atomic mass is 10.1. The van der Waals surface area contributed by atoms with E-state index in [2.05, 4.69) is 41.2 Å². The van der Waals surface area contributed by atoms with E-state index >= 15 is 0 Å². The maximum absolute atomic E-state index is 4.49. The Bertz CT molecular complexity index is 318. The van der Waals surface area contributed by atoms with Gasteiger partial charge in [-0.05, 0) is 37.9 Å². The molecule has 1 atom stereocenters. The molecular formula is C13H21N3. The van der Waals surface area contributed by atoms with E-state index in [1.807, 2.05) is 6.20 Å². The minimum absolute atomic E-state index is 0.627. The van der Waals surface area contributed by atoms with Crippen LogP contribution in [0.3, 0.4) is 0 Å². The first-order chi connectivity index (χ1) is 7.79. The number of aryl methyl sites for hydroxylation is 1. The van der Waals surface area contributed by atoms with Crippen LogP contribution in [0.1, 0.15) is 25.3 Å². The van der Waals surface area contributed by atoms with E-state index in [-0.39, 0.29) is 0 Å². The molecule has 16 heavy (non-hydrogen) atoms. The van der Waals surface area contributed by atoms with Crippen molar-refractivity contribution >= 4 is 5.82 Å². The van der Waals surface area contributed by atoms with Crippen LogP contribution in [0.2, 0.25) is 0 Å². The van der Waals surface area contributed by atoms with Crippen molar-refractivity contribution in [3.8, 4) is 0 Å². The van der Waals surface area contributed by atoms with Crippen LogP contribution in [-0.2, 0) is 0 Å². The fourth-order valence-corrected chi connectivity index (χ4v) is 2.29. The molecule has 0 radical (unpaired) electrons. The number of rotatable bonds is 3. The van der Waals surface area contributed by atoms with Crippen LogP contribution in [0, 0.1) is 6.92 Å². The topological polar surface area (TPSA) is 28.2 Å². The zero-order chi connectivity index (χ0) is 11.4. The second kappa shape index (κ2) is 5.30. The summed E-state index contributed by atoms with van der Waals surface area (Å²) in [6.07, 6.45) is 4.50. The molecule has 2 heterocycles. The molecule has 1 aromatic rings. The van der Waals surface area contributed by atoms with Gasteiger partial charge < -0.3 is 10.2 Å². The van der Waals surface area contributed by atoms with Gasteiger partial charge >= 0.3 is 0 Å². The first-order valence-corrected chi connectivity index (χ1v) is 6.20. The Labute approximate surface area is 97.9 Å². The third-order valence-corrected chi connectivity index (χ3v) is 3.13. The molecule has 88 valence electrons. The van der Waals surface area contributed by atoms with E-state index in [9.17, 15) is 0 Å². The van der Waals surface area contributed by atoms with Crippen molar-refractivity contribution in [1.29, 1.82) is 0 Å². The number of nitrogens with one attached hydrogen (secondary N) is 1. The van der Waals surface area contributed by atoms with Crippen molar-refractivity contribution in [2.75, 3.05) is 24.5 Å². The van der Waals surface area contributed by atoms with E-state index in [0.29, 0.717) is 6.04 Å². The summed E-state index contributed by atoms with van der Waals surface area (Å²) in [4.78, 5) is 6.88. The first-order valence-electron chi connectivity index (χ1n) is 6.20. The van der Waals surface area contributed by atoms with Crippen molar-refractivity contribution in [2.45, 2.75) is 32.7 Å². The van der Waals surface area contributed by atoms with Gasteiger partial charge in [-0.3, -0.25) is 0 Å². The summed E-state index contributed by atoms with van der Waals surface area (Å²) >= 11 is 0. The molecule has 2 rings (SSSR count). The Balaban J connectivity index is 2.01. The lowest BCUT2D eigenvalue weighted by Gasteiger charge is -2.34. The Kier molecular flexibility index (Phi) is 3.78. The zero-order valence-corrected chi connectivity index (χ0v) is 10.2. The quantitative estimate of drug-likeness (QED) is 0.842. The van der Waals surface area contributed by atoms with Crippen LogP contribution in [0.15, 0.2) is 18.3 Å². The van der Waals surface area contributed by atoms with Gasteiger partial charge in [-0.25, -0.2) is 4.98 Å². The predicted molar refractivity (Wildman–Crippen MR) is 67.9 cm³/mol. The summed E-state index contributed by atoms with van der Waals surface area (Å²) in [5.41, 5.74) is 1.23. The van der Waals surface area contributed by atoms with E-state index in [0.717, 1.165) is 25.5 Å². The molecule has 1 saturated heterocycles. The molecule has 1 aliphatic rings. The first kappa shape index (κ1) is 11.4. The number of hydrogen-bond donors (Lipinski definition) is 1. The highest BCUT2D eigenvalue weighted by atomic mass is 15.2.